The summed E-state index contributed by atoms with van der Waals surface area (Å²) in [4.78, 5) is 23.8. The summed E-state index contributed by atoms with van der Waals surface area (Å²) in [5.41, 5.74) is 2.23. The molecule has 0 N–H and O–H groups in total. The number of carbonyl (C=O) groups is 2. The molecule has 0 spiro atoms. The van der Waals surface area contributed by atoms with Gasteiger partial charge in [0.05, 0.1) is 12.5 Å². The molecule has 1 aliphatic carbocycles. The third kappa shape index (κ3) is 5.00. The fourth-order valence-electron chi connectivity index (χ4n) is 3.61. The van der Waals surface area contributed by atoms with Crippen LogP contribution in [0.3, 0.4) is 0 Å². The second-order valence-corrected chi connectivity index (χ2v) is 8.68. The summed E-state index contributed by atoms with van der Waals surface area (Å²) in [6.45, 7) is 0. The highest BCUT2D eigenvalue weighted by Crippen LogP contribution is 2.43. The lowest BCUT2D eigenvalue weighted by Gasteiger charge is -2.17. The largest absolute Gasteiger partial charge is 0.462 e. The van der Waals surface area contributed by atoms with Crippen LogP contribution in [0.25, 0.3) is 0 Å². The summed E-state index contributed by atoms with van der Waals surface area (Å²) in [7, 11) is 5.18. The zero-order valence-corrected chi connectivity index (χ0v) is 16.4. The van der Waals surface area contributed by atoms with E-state index in [1.54, 1.807) is 0 Å². The molecule has 4 nitrogen and oxygen atoms in total. The van der Waals surface area contributed by atoms with Gasteiger partial charge in [-0.1, -0.05) is 36.4 Å². The lowest BCUT2D eigenvalue weighted by molar-refractivity contribution is -0.141. The molecule has 0 radical (unpaired) electrons. The summed E-state index contributed by atoms with van der Waals surface area (Å²) in [6.07, 6.45) is 4.49. The molecule has 1 aliphatic heterocycles. The lowest BCUT2D eigenvalue weighted by Crippen LogP contribution is -2.19. The fraction of sp³-hybridized carbons (Fsp3) is 0.444. The minimum Gasteiger partial charge on any atom is -0.462 e. The van der Waals surface area contributed by atoms with E-state index in [1.165, 1.54) is 5.56 Å². The number of ether oxygens (including phenoxy) is 1. The van der Waals surface area contributed by atoms with Crippen molar-refractivity contribution in [3.05, 3.63) is 47.5 Å². The van der Waals surface area contributed by atoms with Crippen molar-refractivity contribution in [2.75, 3.05) is 0 Å². The average molecular weight is 376 g/mol. The van der Waals surface area contributed by atoms with E-state index in [-0.39, 0.29) is 36.2 Å². The van der Waals surface area contributed by atoms with E-state index in [1.807, 2.05) is 36.4 Å². The first kappa shape index (κ1) is 18.8. The predicted octanol–water partition coefficient (Wildman–Crippen LogP) is 2.96. The van der Waals surface area contributed by atoms with Crippen molar-refractivity contribution >= 4 is 36.3 Å². The Bertz CT molecular complexity index is 662. The van der Waals surface area contributed by atoms with Crippen LogP contribution in [-0.2, 0) is 25.4 Å². The Kier molecular flexibility index (Phi) is 6.44. The standard InChI is InChI=1S/C18H23BO4P2/c20-13(7-6-12-4-2-1-3-5-12)8-9-14-15-10-18(21)22-16(15)11-17(14)23-19(24)25/h1-5,9,15-17H,6-8,10-11,24-25H2/t15-,16+,17-/m1/s1. The maximum absolute atomic E-state index is 12.3. The molecular formula is C18H23BO4P2. The number of ketones is 1. The van der Waals surface area contributed by atoms with Gasteiger partial charge in [0, 0.05) is 25.2 Å². The van der Waals surface area contributed by atoms with Crippen molar-refractivity contribution < 1.29 is 19.0 Å². The molecule has 1 aromatic carbocycles. The van der Waals surface area contributed by atoms with Gasteiger partial charge in [-0.05, 0) is 17.6 Å². The van der Waals surface area contributed by atoms with Crippen molar-refractivity contribution in [2.45, 2.75) is 44.3 Å². The van der Waals surface area contributed by atoms with Gasteiger partial charge in [0.15, 0.2) is 0 Å². The maximum atomic E-state index is 12.3. The minimum absolute atomic E-state index is 0.0586. The van der Waals surface area contributed by atoms with Gasteiger partial charge in [-0.3, -0.25) is 9.59 Å². The molecule has 2 aliphatic rings. The highest BCUT2D eigenvalue weighted by molar-refractivity contribution is 7.92. The average Bonchev–Trinajstić information content (AvgIpc) is 3.07. The molecule has 1 saturated heterocycles. The third-order valence-corrected chi connectivity index (χ3v) is 5.10. The molecule has 132 valence electrons. The van der Waals surface area contributed by atoms with Gasteiger partial charge in [0.1, 0.15) is 11.9 Å². The lowest BCUT2D eigenvalue weighted by atomic mass is 9.96. The van der Waals surface area contributed by atoms with Crippen LogP contribution < -0.4 is 0 Å². The molecule has 7 heteroatoms. The van der Waals surface area contributed by atoms with Crippen LogP contribution in [0.1, 0.15) is 31.2 Å². The number of rotatable bonds is 7. The Morgan fingerprint density at radius 3 is 2.80 bits per heavy atom. The number of allylic oxidation sites excluding steroid dienone is 1. The van der Waals surface area contributed by atoms with E-state index < -0.39 is 0 Å². The molecule has 0 bridgehead atoms. The summed E-state index contributed by atoms with van der Waals surface area (Å²) in [5.74, 6) is 0.119. The van der Waals surface area contributed by atoms with Crippen LogP contribution >= 0.6 is 18.2 Å². The first-order valence-electron chi connectivity index (χ1n) is 8.64. The van der Waals surface area contributed by atoms with Crippen LogP contribution in [0, 0.1) is 5.92 Å². The van der Waals surface area contributed by atoms with Crippen LogP contribution in [0.2, 0.25) is 0 Å². The number of carbonyl (C=O) groups excluding carboxylic acids is 2. The summed E-state index contributed by atoms with van der Waals surface area (Å²) in [6, 6.07) is 10.0. The normalized spacial score (nSPS) is 26.6. The van der Waals surface area contributed by atoms with Crippen molar-refractivity contribution in [1.29, 1.82) is 0 Å². The third-order valence-electron chi connectivity index (χ3n) is 4.79. The highest BCUT2D eigenvalue weighted by Gasteiger charge is 2.47. The van der Waals surface area contributed by atoms with Crippen LogP contribution in [0.4, 0.5) is 0 Å². The van der Waals surface area contributed by atoms with Crippen molar-refractivity contribution in [3.8, 4) is 0 Å². The van der Waals surface area contributed by atoms with Gasteiger partial charge < -0.3 is 9.39 Å². The van der Waals surface area contributed by atoms with E-state index in [0.29, 0.717) is 25.7 Å². The molecule has 1 saturated carbocycles. The Morgan fingerprint density at radius 2 is 2.08 bits per heavy atom. The van der Waals surface area contributed by atoms with E-state index in [9.17, 15) is 9.59 Å². The van der Waals surface area contributed by atoms with Crippen LogP contribution in [0.5, 0.6) is 0 Å². The molecule has 1 heterocycles. The van der Waals surface area contributed by atoms with Gasteiger partial charge in [0.25, 0.3) is 0 Å². The Morgan fingerprint density at radius 1 is 1.32 bits per heavy atom. The molecule has 25 heavy (non-hydrogen) atoms. The van der Waals surface area contributed by atoms with Crippen molar-refractivity contribution in [2.24, 2.45) is 5.92 Å². The first-order chi connectivity index (χ1) is 12.0. The molecule has 2 unspecified atom stereocenters. The number of Topliss-reactive ketones (excluding diaryl/α,β-unsaturated/α-hetero) is 1. The minimum atomic E-state index is -0.150. The van der Waals surface area contributed by atoms with E-state index >= 15 is 0 Å². The molecule has 5 atom stereocenters. The van der Waals surface area contributed by atoms with E-state index in [4.69, 9.17) is 9.39 Å². The second kappa shape index (κ2) is 8.58. The topological polar surface area (TPSA) is 52.6 Å². The number of hydrogen-bond acceptors (Lipinski definition) is 4. The number of benzene rings is 1. The van der Waals surface area contributed by atoms with Gasteiger partial charge in [-0.2, -0.15) is 0 Å². The van der Waals surface area contributed by atoms with Crippen LogP contribution in [0.15, 0.2) is 42.0 Å². The maximum Gasteiger partial charge on any atom is 0.337 e. The molecule has 0 amide bonds. The fourth-order valence-corrected chi connectivity index (χ4v) is 3.99. The quantitative estimate of drug-likeness (QED) is 0.318. The number of esters is 1. The second-order valence-electron chi connectivity index (χ2n) is 6.60. The molecule has 0 aromatic heterocycles. The Labute approximate surface area is 153 Å². The number of aryl methyl sites for hydroxylation is 1. The summed E-state index contributed by atoms with van der Waals surface area (Å²) in [5, 5.41) is 0. The SMILES string of the molecule is O=C(CC=C1[C@H]2CC(=O)O[C@H]2C[C@H]1OB(P)P)CCc1ccccc1. The van der Waals surface area contributed by atoms with Gasteiger partial charge in [-0.15, -0.1) is 18.2 Å². The summed E-state index contributed by atoms with van der Waals surface area (Å²) >= 11 is 0. The van der Waals surface area contributed by atoms with Gasteiger partial charge in [-0.25, -0.2) is 0 Å². The zero-order chi connectivity index (χ0) is 17.8. The smallest absolute Gasteiger partial charge is 0.337 e. The van der Waals surface area contributed by atoms with Crippen LogP contribution in [-0.4, -0.2) is 30.3 Å². The molecule has 3 rings (SSSR count). The highest BCUT2D eigenvalue weighted by atomic mass is 31.1. The first-order valence-corrected chi connectivity index (χ1v) is 9.98. The number of fused-ring (bicyclic) bond motifs is 1. The molecular weight excluding hydrogens is 353 g/mol. The van der Waals surface area contributed by atoms with E-state index in [0.717, 1.165) is 12.0 Å². The Hall–Kier alpha value is -1.02. The van der Waals surface area contributed by atoms with E-state index in [2.05, 4.69) is 18.2 Å². The monoisotopic (exact) mass is 376 g/mol. The van der Waals surface area contributed by atoms with Gasteiger partial charge >= 0.3 is 12.3 Å². The summed E-state index contributed by atoms with van der Waals surface area (Å²) < 4.78 is 11.3. The molecule has 1 aromatic rings. The predicted molar refractivity (Wildman–Crippen MR) is 105 cm³/mol. The Balaban J connectivity index is 1.60. The number of hydrogen-bond donors (Lipinski definition) is 0. The zero-order valence-electron chi connectivity index (χ0n) is 14.1. The van der Waals surface area contributed by atoms with Crippen molar-refractivity contribution in [3.63, 3.8) is 0 Å². The van der Waals surface area contributed by atoms with Gasteiger partial charge in [0.2, 0.25) is 0 Å². The molecule has 2 fully saturated rings. The van der Waals surface area contributed by atoms with Crippen molar-refractivity contribution in [1.82, 2.24) is 0 Å².